The van der Waals surface area contributed by atoms with E-state index in [9.17, 15) is 4.79 Å². The highest BCUT2D eigenvalue weighted by molar-refractivity contribution is 6.00. The predicted molar refractivity (Wildman–Crippen MR) is 72.5 cm³/mol. The number of fused-ring (bicyclic) bond motifs is 1. The van der Waals surface area contributed by atoms with Crippen LogP contribution in [0.2, 0.25) is 0 Å². The van der Waals surface area contributed by atoms with Gasteiger partial charge in [-0.05, 0) is 12.1 Å². The first kappa shape index (κ1) is 11.3. The average molecular weight is 255 g/mol. The number of aromatic amines is 2. The number of hydrogen-bond donors (Lipinski definition) is 4. The maximum absolute atomic E-state index is 12.0. The molecule has 0 saturated heterocycles. The van der Waals surface area contributed by atoms with Gasteiger partial charge in [-0.25, -0.2) is 4.98 Å². The molecule has 0 bridgehead atoms. The van der Waals surface area contributed by atoms with Crippen LogP contribution in [0.1, 0.15) is 16.3 Å². The van der Waals surface area contributed by atoms with E-state index in [2.05, 4.69) is 20.3 Å². The number of nitrogens with zero attached hydrogens (tertiary/aromatic N) is 1. The predicted octanol–water partition coefficient (Wildman–Crippen LogP) is 1.40. The molecule has 6 heteroatoms. The van der Waals surface area contributed by atoms with Gasteiger partial charge in [-0.15, -0.1) is 0 Å². The molecule has 6 nitrogen and oxygen atoms in total. The number of nitrogen functional groups attached to an aromatic ring is 1. The molecular weight excluding hydrogens is 242 g/mol. The van der Waals surface area contributed by atoms with Gasteiger partial charge in [0.25, 0.3) is 5.91 Å². The first-order chi connectivity index (χ1) is 9.24. The van der Waals surface area contributed by atoms with Crippen molar-refractivity contribution in [3.05, 3.63) is 48.2 Å². The summed E-state index contributed by atoms with van der Waals surface area (Å²) in [6.07, 6.45) is 3.36. The van der Waals surface area contributed by atoms with Crippen LogP contribution in [-0.4, -0.2) is 20.9 Å². The van der Waals surface area contributed by atoms with E-state index < -0.39 is 0 Å². The molecule has 0 radical (unpaired) electrons. The number of benzene rings is 1. The Morgan fingerprint density at radius 2 is 2.32 bits per heavy atom. The van der Waals surface area contributed by atoms with Crippen LogP contribution in [0.4, 0.5) is 5.69 Å². The van der Waals surface area contributed by atoms with Crippen LogP contribution >= 0.6 is 0 Å². The molecular formula is C13H13N5O. The smallest absolute Gasteiger partial charge is 0.268 e. The van der Waals surface area contributed by atoms with Gasteiger partial charge in [0.2, 0.25) is 0 Å². The minimum Gasteiger partial charge on any atom is -0.397 e. The Balaban J connectivity index is 1.80. The Hall–Kier alpha value is -2.76. The van der Waals surface area contributed by atoms with Crippen molar-refractivity contribution in [2.45, 2.75) is 6.54 Å². The summed E-state index contributed by atoms with van der Waals surface area (Å²) in [5, 5.41) is 3.70. The van der Waals surface area contributed by atoms with Crippen LogP contribution < -0.4 is 11.1 Å². The summed E-state index contributed by atoms with van der Waals surface area (Å²) >= 11 is 0. The van der Waals surface area contributed by atoms with Crippen LogP contribution in [0.5, 0.6) is 0 Å². The van der Waals surface area contributed by atoms with Gasteiger partial charge in [0.05, 0.1) is 17.7 Å². The van der Waals surface area contributed by atoms with Crippen LogP contribution in [0.15, 0.2) is 36.7 Å². The molecule has 1 amide bonds. The zero-order valence-electron chi connectivity index (χ0n) is 10.1. The number of H-pyrrole nitrogens is 2. The van der Waals surface area contributed by atoms with E-state index in [4.69, 9.17) is 5.73 Å². The third-order valence-corrected chi connectivity index (χ3v) is 2.90. The zero-order valence-corrected chi connectivity index (χ0v) is 10.1. The molecule has 0 fully saturated rings. The number of rotatable bonds is 3. The third kappa shape index (κ3) is 2.15. The second-order valence-electron chi connectivity index (χ2n) is 4.21. The molecule has 1 aromatic carbocycles. The monoisotopic (exact) mass is 255 g/mol. The second kappa shape index (κ2) is 4.49. The number of para-hydroxylation sites is 1. The minimum absolute atomic E-state index is 0.188. The molecule has 0 aliphatic rings. The highest BCUT2D eigenvalue weighted by Gasteiger charge is 2.10. The van der Waals surface area contributed by atoms with Crippen molar-refractivity contribution in [3.63, 3.8) is 0 Å². The molecule has 96 valence electrons. The normalized spacial score (nSPS) is 10.7. The number of carbonyl (C=O) groups excluding carboxylic acids is 1. The SMILES string of the molecule is Nc1cccc2cc(C(=O)NCc3ncc[nH]3)[nH]c12. The van der Waals surface area contributed by atoms with E-state index >= 15 is 0 Å². The molecule has 0 atom stereocenters. The fourth-order valence-corrected chi connectivity index (χ4v) is 1.96. The van der Waals surface area contributed by atoms with Crippen molar-refractivity contribution < 1.29 is 4.79 Å². The number of anilines is 1. The summed E-state index contributed by atoms with van der Waals surface area (Å²) in [6, 6.07) is 7.34. The maximum Gasteiger partial charge on any atom is 0.268 e. The highest BCUT2D eigenvalue weighted by Crippen LogP contribution is 2.20. The lowest BCUT2D eigenvalue weighted by atomic mass is 10.2. The highest BCUT2D eigenvalue weighted by atomic mass is 16.1. The average Bonchev–Trinajstić information content (AvgIpc) is 3.05. The Morgan fingerprint density at radius 3 is 3.05 bits per heavy atom. The van der Waals surface area contributed by atoms with Gasteiger partial charge in [-0.3, -0.25) is 4.79 Å². The molecule has 0 aliphatic heterocycles. The summed E-state index contributed by atoms with van der Waals surface area (Å²) in [7, 11) is 0. The van der Waals surface area contributed by atoms with Crippen LogP contribution in [0.25, 0.3) is 10.9 Å². The van der Waals surface area contributed by atoms with E-state index in [0.717, 1.165) is 10.9 Å². The van der Waals surface area contributed by atoms with Gasteiger partial charge in [0.15, 0.2) is 0 Å². The van der Waals surface area contributed by atoms with Crippen molar-refractivity contribution in [2.24, 2.45) is 0 Å². The van der Waals surface area contributed by atoms with Gasteiger partial charge in [0.1, 0.15) is 11.5 Å². The minimum atomic E-state index is -0.188. The van der Waals surface area contributed by atoms with Gasteiger partial charge >= 0.3 is 0 Å². The molecule has 0 saturated carbocycles. The lowest BCUT2D eigenvalue weighted by molar-refractivity contribution is 0.0946. The van der Waals surface area contributed by atoms with Crippen LogP contribution in [0.3, 0.4) is 0 Å². The third-order valence-electron chi connectivity index (χ3n) is 2.90. The number of imidazole rings is 1. The molecule has 3 aromatic rings. The van der Waals surface area contributed by atoms with Gasteiger partial charge in [-0.1, -0.05) is 12.1 Å². The fraction of sp³-hybridized carbons (Fsp3) is 0.0769. The summed E-state index contributed by atoms with van der Waals surface area (Å²) < 4.78 is 0. The number of aromatic nitrogens is 3. The topological polar surface area (TPSA) is 99.6 Å². The number of nitrogens with two attached hydrogens (primary N) is 1. The molecule has 0 aliphatic carbocycles. The number of amides is 1. The molecule has 0 spiro atoms. The van der Waals surface area contributed by atoms with Gasteiger partial charge in [-0.2, -0.15) is 0 Å². The Kier molecular flexibility index (Phi) is 2.68. The first-order valence-electron chi connectivity index (χ1n) is 5.88. The van der Waals surface area contributed by atoms with Crippen LogP contribution in [0, 0.1) is 0 Å². The quantitative estimate of drug-likeness (QED) is 0.532. The maximum atomic E-state index is 12.0. The molecule has 5 N–H and O–H groups in total. The number of hydrogen-bond acceptors (Lipinski definition) is 3. The van der Waals surface area contributed by atoms with Crippen molar-refractivity contribution in [1.29, 1.82) is 0 Å². The first-order valence-corrected chi connectivity index (χ1v) is 5.88. The lowest BCUT2D eigenvalue weighted by Crippen LogP contribution is -2.23. The molecule has 3 rings (SSSR count). The van der Waals surface area contributed by atoms with Crippen molar-refractivity contribution >= 4 is 22.5 Å². The summed E-state index contributed by atoms with van der Waals surface area (Å²) in [4.78, 5) is 22.0. The summed E-state index contributed by atoms with van der Waals surface area (Å²) in [5.41, 5.74) is 7.74. The number of nitrogens with one attached hydrogen (secondary N) is 3. The largest absolute Gasteiger partial charge is 0.397 e. The lowest BCUT2D eigenvalue weighted by Gasteiger charge is -2.00. The zero-order chi connectivity index (χ0) is 13.2. The Bertz CT molecular complexity index is 714. The number of carbonyl (C=O) groups is 1. The molecule has 0 unspecified atom stereocenters. The van der Waals surface area contributed by atoms with E-state index in [1.165, 1.54) is 0 Å². The van der Waals surface area contributed by atoms with Crippen LogP contribution in [-0.2, 0) is 6.54 Å². The van der Waals surface area contributed by atoms with E-state index in [-0.39, 0.29) is 5.91 Å². The van der Waals surface area contributed by atoms with Crippen molar-refractivity contribution in [2.75, 3.05) is 5.73 Å². The van der Waals surface area contributed by atoms with Crippen molar-refractivity contribution in [1.82, 2.24) is 20.3 Å². The van der Waals surface area contributed by atoms with E-state index in [1.807, 2.05) is 12.1 Å². The fourth-order valence-electron chi connectivity index (χ4n) is 1.96. The molecule has 2 aromatic heterocycles. The van der Waals surface area contributed by atoms with Gasteiger partial charge in [0, 0.05) is 17.8 Å². The Labute approximate surface area is 109 Å². The summed E-state index contributed by atoms with van der Waals surface area (Å²) in [5.74, 6) is 0.524. The van der Waals surface area contributed by atoms with E-state index in [1.54, 1.807) is 24.5 Å². The molecule has 2 heterocycles. The van der Waals surface area contributed by atoms with E-state index in [0.29, 0.717) is 23.8 Å². The standard InChI is InChI=1S/C13H13N5O/c14-9-3-1-2-8-6-10(18-12(8)9)13(19)17-7-11-15-4-5-16-11/h1-6,18H,7,14H2,(H,15,16)(H,17,19). The Morgan fingerprint density at radius 1 is 1.42 bits per heavy atom. The molecule has 19 heavy (non-hydrogen) atoms. The summed E-state index contributed by atoms with van der Waals surface area (Å²) in [6.45, 7) is 0.358. The van der Waals surface area contributed by atoms with Gasteiger partial charge < -0.3 is 21.0 Å². The van der Waals surface area contributed by atoms with Crippen molar-refractivity contribution in [3.8, 4) is 0 Å². The second-order valence-corrected chi connectivity index (χ2v) is 4.21.